The van der Waals surface area contributed by atoms with Crippen molar-refractivity contribution >= 4 is 15.9 Å². The Morgan fingerprint density at radius 3 is 2.80 bits per heavy atom. The van der Waals surface area contributed by atoms with Crippen molar-refractivity contribution in [3.05, 3.63) is 29.3 Å². The van der Waals surface area contributed by atoms with Gasteiger partial charge in [-0.05, 0) is 37.8 Å². The molecule has 0 aliphatic rings. The van der Waals surface area contributed by atoms with Crippen molar-refractivity contribution in [1.82, 2.24) is 0 Å². The van der Waals surface area contributed by atoms with Gasteiger partial charge >= 0.3 is 0 Å². The molecule has 15 heavy (non-hydrogen) atoms. The monoisotopic (exact) mass is 270 g/mol. The van der Waals surface area contributed by atoms with Gasteiger partial charge in [-0.15, -0.1) is 0 Å². The predicted molar refractivity (Wildman–Crippen MR) is 69.1 cm³/mol. The lowest BCUT2D eigenvalue weighted by Gasteiger charge is -2.11. The van der Waals surface area contributed by atoms with Crippen molar-refractivity contribution in [3.8, 4) is 5.75 Å². The van der Waals surface area contributed by atoms with E-state index in [1.54, 1.807) is 0 Å². The third kappa shape index (κ3) is 4.25. The number of halogens is 1. The second-order valence-electron chi connectivity index (χ2n) is 3.75. The molecule has 1 aromatic rings. The standard InChI is InChI=1S/C13H19BrO/c1-3-9-15-13-7-6-11(2)10-12(13)5-4-8-14/h6-7,10H,3-5,8-9H2,1-2H3. The van der Waals surface area contributed by atoms with Crippen molar-refractivity contribution < 1.29 is 4.74 Å². The van der Waals surface area contributed by atoms with E-state index in [2.05, 4.69) is 48.0 Å². The van der Waals surface area contributed by atoms with E-state index in [1.165, 1.54) is 11.1 Å². The van der Waals surface area contributed by atoms with Crippen LogP contribution in [0.2, 0.25) is 0 Å². The predicted octanol–water partition coefficient (Wildman–Crippen LogP) is 4.11. The Morgan fingerprint density at radius 1 is 1.33 bits per heavy atom. The molecule has 0 saturated carbocycles. The minimum Gasteiger partial charge on any atom is -0.493 e. The van der Waals surface area contributed by atoms with Crippen LogP contribution in [0.1, 0.15) is 30.9 Å². The third-order valence-corrected chi connectivity index (χ3v) is 2.82. The maximum atomic E-state index is 5.72. The van der Waals surface area contributed by atoms with Gasteiger partial charge < -0.3 is 4.74 Å². The molecule has 0 spiro atoms. The summed E-state index contributed by atoms with van der Waals surface area (Å²) in [5.74, 6) is 1.06. The molecule has 1 nitrogen and oxygen atoms in total. The highest BCUT2D eigenvalue weighted by molar-refractivity contribution is 9.09. The number of benzene rings is 1. The molecule has 0 heterocycles. The summed E-state index contributed by atoms with van der Waals surface area (Å²) in [6.07, 6.45) is 3.31. The molecule has 84 valence electrons. The lowest BCUT2D eigenvalue weighted by molar-refractivity contribution is 0.314. The number of ether oxygens (including phenoxy) is 1. The van der Waals surface area contributed by atoms with Crippen molar-refractivity contribution in [2.45, 2.75) is 33.1 Å². The first-order valence-electron chi connectivity index (χ1n) is 5.56. The second-order valence-corrected chi connectivity index (χ2v) is 4.55. The fourth-order valence-corrected chi connectivity index (χ4v) is 1.79. The molecule has 2 heteroatoms. The van der Waals surface area contributed by atoms with Crippen LogP contribution in [-0.4, -0.2) is 11.9 Å². The van der Waals surface area contributed by atoms with Gasteiger partial charge in [0.15, 0.2) is 0 Å². The topological polar surface area (TPSA) is 9.23 Å². The summed E-state index contributed by atoms with van der Waals surface area (Å²) in [6, 6.07) is 6.44. The molecule has 0 radical (unpaired) electrons. The molecule has 0 amide bonds. The first-order chi connectivity index (χ1) is 7.27. The fraction of sp³-hybridized carbons (Fsp3) is 0.538. The Bertz CT molecular complexity index is 297. The first-order valence-corrected chi connectivity index (χ1v) is 6.68. The van der Waals surface area contributed by atoms with Gasteiger partial charge in [0.25, 0.3) is 0 Å². The van der Waals surface area contributed by atoms with Gasteiger partial charge in [-0.2, -0.15) is 0 Å². The molecule has 0 aliphatic heterocycles. The summed E-state index contributed by atoms with van der Waals surface area (Å²) in [4.78, 5) is 0. The summed E-state index contributed by atoms with van der Waals surface area (Å²) in [5.41, 5.74) is 2.64. The molecule has 0 saturated heterocycles. The van der Waals surface area contributed by atoms with E-state index in [0.29, 0.717) is 0 Å². The van der Waals surface area contributed by atoms with E-state index in [9.17, 15) is 0 Å². The maximum absolute atomic E-state index is 5.72. The van der Waals surface area contributed by atoms with Crippen LogP contribution in [0.4, 0.5) is 0 Å². The molecule has 0 unspecified atom stereocenters. The van der Waals surface area contributed by atoms with Crippen LogP contribution in [0.15, 0.2) is 18.2 Å². The van der Waals surface area contributed by atoms with Gasteiger partial charge in [0.05, 0.1) is 6.61 Å². The Labute approximate surface area is 101 Å². The van der Waals surface area contributed by atoms with Crippen molar-refractivity contribution in [1.29, 1.82) is 0 Å². The van der Waals surface area contributed by atoms with Crippen LogP contribution < -0.4 is 4.74 Å². The van der Waals surface area contributed by atoms with E-state index in [1.807, 2.05) is 0 Å². The zero-order valence-electron chi connectivity index (χ0n) is 9.55. The lowest BCUT2D eigenvalue weighted by Crippen LogP contribution is -1.99. The minimum absolute atomic E-state index is 0.810. The molecule has 0 bridgehead atoms. The molecular weight excluding hydrogens is 252 g/mol. The molecule has 0 atom stereocenters. The van der Waals surface area contributed by atoms with E-state index >= 15 is 0 Å². The molecule has 0 N–H and O–H groups in total. The molecule has 0 aliphatic carbocycles. The molecule has 0 aromatic heterocycles. The number of alkyl halides is 1. The summed E-state index contributed by atoms with van der Waals surface area (Å²) in [7, 11) is 0. The summed E-state index contributed by atoms with van der Waals surface area (Å²) < 4.78 is 5.72. The maximum Gasteiger partial charge on any atom is 0.122 e. The fourth-order valence-electron chi connectivity index (χ4n) is 1.51. The van der Waals surface area contributed by atoms with Crippen molar-refractivity contribution in [2.24, 2.45) is 0 Å². The van der Waals surface area contributed by atoms with E-state index < -0.39 is 0 Å². The van der Waals surface area contributed by atoms with Gasteiger partial charge in [-0.25, -0.2) is 0 Å². The van der Waals surface area contributed by atoms with Crippen LogP contribution in [0.3, 0.4) is 0 Å². The van der Waals surface area contributed by atoms with E-state index in [0.717, 1.165) is 36.9 Å². The number of hydrogen-bond acceptors (Lipinski definition) is 1. The smallest absolute Gasteiger partial charge is 0.122 e. The number of aryl methyl sites for hydroxylation is 2. The molecular formula is C13H19BrO. The lowest BCUT2D eigenvalue weighted by atomic mass is 10.1. The summed E-state index contributed by atoms with van der Waals surface area (Å²) >= 11 is 3.46. The number of rotatable bonds is 6. The number of hydrogen-bond donors (Lipinski definition) is 0. The highest BCUT2D eigenvalue weighted by Gasteiger charge is 2.03. The quantitative estimate of drug-likeness (QED) is 0.707. The highest BCUT2D eigenvalue weighted by atomic mass is 79.9. The molecule has 1 rings (SSSR count). The largest absolute Gasteiger partial charge is 0.493 e. The molecule has 0 fully saturated rings. The van der Waals surface area contributed by atoms with Crippen molar-refractivity contribution in [2.75, 3.05) is 11.9 Å². The van der Waals surface area contributed by atoms with Crippen molar-refractivity contribution in [3.63, 3.8) is 0 Å². The SMILES string of the molecule is CCCOc1ccc(C)cc1CCCBr. The summed E-state index contributed by atoms with van der Waals surface area (Å²) in [5, 5.41) is 1.05. The van der Waals surface area contributed by atoms with Gasteiger partial charge in [-0.3, -0.25) is 0 Å². The van der Waals surface area contributed by atoms with Crippen LogP contribution >= 0.6 is 15.9 Å². The van der Waals surface area contributed by atoms with Gasteiger partial charge in [0.2, 0.25) is 0 Å². The average molecular weight is 271 g/mol. The van der Waals surface area contributed by atoms with E-state index in [4.69, 9.17) is 4.74 Å². The van der Waals surface area contributed by atoms with Gasteiger partial charge in [-0.1, -0.05) is 40.5 Å². The molecule has 1 aromatic carbocycles. The average Bonchev–Trinajstić information content (AvgIpc) is 2.25. The Hall–Kier alpha value is -0.500. The van der Waals surface area contributed by atoms with Gasteiger partial charge in [0, 0.05) is 5.33 Å². The highest BCUT2D eigenvalue weighted by Crippen LogP contribution is 2.22. The zero-order valence-corrected chi connectivity index (χ0v) is 11.1. The zero-order chi connectivity index (χ0) is 11.1. The van der Waals surface area contributed by atoms with Crippen LogP contribution in [0.5, 0.6) is 5.75 Å². The first kappa shape index (κ1) is 12.6. The second kappa shape index (κ2) is 6.89. The summed E-state index contributed by atoms with van der Waals surface area (Å²) in [6.45, 7) is 5.07. The minimum atomic E-state index is 0.810. The van der Waals surface area contributed by atoms with Crippen LogP contribution in [-0.2, 0) is 6.42 Å². The normalized spacial score (nSPS) is 10.3. The van der Waals surface area contributed by atoms with Crippen LogP contribution in [0.25, 0.3) is 0 Å². The van der Waals surface area contributed by atoms with Crippen LogP contribution in [0, 0.1) is 6.92 Å². The Morgan fingerprint density at radius 2 is 2.13 bits per heavy atom. The third-order valence-electron chi connectivity index (χ3n) is 2.26. The Kier molecular flexibility index (Phi) is 5.77. The van der Waals surface area contributed by atoms with Gasteiger partial charge in [0.1, 0.15) is 5.75 Å². The van der Waals surface area contributed by atoms with E-state index in [-0.39, 0.29) is 0 Å². The Balaban J connectivity index is 2.73.